The van der Waals surface area contributed by atoms with Crippen LogP contribution in [0.2, 0.25) is 0 Å². The summed E-state index contributed by atoms with van der Waals surface area (Å²) in [7, 11) is 0. The van der Waals surface area contributed by atoms with Gasteiger partial charge in [0.1, 0.15) is 0 Å². The van der Waals surface area contributed by atoms with Gasteiger partial charge < -0.3 is 10.0 Å². The molecule has 1 heterocycles. The Morgan fingerprint density at radius 3 is 2.29 bits per heavy atom. The average Bonchev–Trinajstić information content (AvgIpc) is 2.59. The predicted molar refractivity (Wildman–Crippen MR) is 72.7 cm³/mol. The molecule has 1 saturated heterocycles. The van der Waals surface area contributed by atoms with Crippen molar-refractivity contribution in [3.63, 3.8) is 0 Å². The van der Waals surface area contributed by atoms with E-state index >= 15 is 0 Å². The van der Waals surface area contributed by atoms with Gasteiger partial charge in [0, 0.05) is 30.8 Å². The van der Waals surface area contributed by atoms with E-state index in [4.69, 9.17) is 0 Å². The highest BCUT2D eigenvalue weighted by atomic mass is 16.3. The number of hydrogen-bond donors (Lipinski definition) is 1. The molecule has 1 aliphatic rings. The predicted octanol–water partition coefficient (Wildman–Crippen LogP) is 2.82. The van der Waals surface area contributed by atoms with Gasteiger partial charge in [-0.3, -0.25) is 0 Å². The fraction of sp³-hybridized carbons (Fsp3) is 0.600. The quantitative estimate of drug-likeness (QED) is 0.849. The van der Waals surface area contributed by atoms with E-state index in [1.165, 1.54) is 22.4 Å². The third-order valence-corrected chi connectivity index (χ3v) is 4.07. The van der Waals surface area contributed by atoms with E-state index in [0.717, 1.165) is 13.0 Å². The van der Waals surface area contributed by atoms with Gasteiger partial charge in [-0.15, -0.1) is 0 Å². The second-order valence-electron chi connectivity index (χ2n) is 5.41. The molecule has 0 aliphatic carbocycles. The van der Waals surface area contributed by atoms with E-state index in [9.17, 15) is 5.11 Å². The molecular formula is C15H23NO. The summed E-state index contributed by atoms with van der Waals surface area (Å²) < 4.78 is 0. The van der Waals surface area contributed by atoms with Crippen LogP contribution in [0.1, 0.15) is 30.0 Å². The van der Waals surface area contributed by atoms with Crippen molar-refractivity contribution in [2.24, 2.45) is 5.92 Å². The molecular weight excluding hydrogens is 210 g/mol. The van der Waals surface area contributed by atoms with Crippen molar-refractivity contribution in [1.82, 2.24) is 0 Å². The average molecular weight is 233 g/mol. The van der Waals surface area contributed by atoms with E-state index in [0.29, 0.717) is 18.6 Å². The number of aliphatic hydroxyl groups is 1. The molecule has 2 heteroatoms. The Bertz CT molecular complexity index is 390. The van der Waals surface area contributed by atoms with Crippen molar-refractivity contribution < 1.29 is 5.11 Å². The Balaban J connectivity index is 2.35. The molecule has 1 aliphatic heterocycles. The number of aliphatic hydroxyl groups excluding tert-OH is 1. The molecule has 0 aromatic heterocycles. The van der Waals surface area contributed by atoms with Crippen molar-refractivity contribution in [1.29, 1.82) is 0 Å². The van der Waals surface area contributed by atoms with Crippen LogP contribution in [0.25, 0.3) is 0 Å². The van der Waals surface area contributed by atoms with Gasteiger partial charge in [0.25, 0.3) is 0 Å². The number of hydrogen-bond acceptors (Lipinski definition) is 2. The number of aryl methyl sites for hydroxylation is 3. The minimum absolute atomic E-state index is 0.307. The summed E-state index contributed by atoms with van der Waals surface area (Å²) in [4.78, 5) is 2.46. The Hall–Kier alpha value is -1.02. The Morgan fingerprint density at radius 1 is 1.24 bits per heavy atom. The third kappa shape index (κ3) is 2.19. The van der Waals surface area contributed by atoms with Gasteiger partial charge in [-0.2, -0.15) is 0 Å². The highest BCUT2D eigenvalue weighted by molar-refractivity contribution is 5.61. The van der Waals surface area contributed by atoms with Gasteiger partial charge in [0.15, 0.2) is 0 Å². The largest absolute Gasteiger partial charge is 0.396 e. The lowest BCUT2D eigenvalue weighted by Gasteiger charge is -2.29. The van der Waals surface area contributed by atoms with E-state index in [-0.39, 0.29) is 0 Å². The molecule has 2 unspecified atom stereocenters. The van der Waals surface area contributed by atoms with Crippen LogP contribution in [0.4, 0.5) is 5.69 Å². The van der Waals surface area contributed by atoms with Crippen molar-refractivity contribution in [2.45, 2.75) is 40.2 Å². The van der Waals surface area contributed by atoms with Crippen molar-refractivity contribution in [3.05, 3.63) is 28.8 Å². The monoisotopic (exact) mass is 233 g/mol. The van der Waals surface area contributed by atoms with Crippen LogP contribution in [0.5, 0.6) is 0 Å². The van der Waals surface area contributed by atoms with Crippen LogP contribution in [0.3, 0.4) is 0 Å². The summed E-state index contributed by atoms with van der Waals surface area (Å²) in [5.74, 6) is 0.426. The normalized spacial score (nSPS) is 24.4. The molecule has 0 radical (unpaired) electrons. The van der Waals surface area contributed by atoms with Crippen molar-refractivity contribution >= 4 is 5.69 Å². The summed E-state index contributed by atoms with van der Waals surface area (Å²) in [5.41, 5.74) is 5.41. The first-order valence-corrected chi connectivity index (χ1v) is 6.50. The zero-order valence-electron chi connectivity index (χ0n) is 11.3. The molecule has 0 bridgehead atoms. The molecule has 94 valence electrons. The van der Waals surface area contributed by atoms with Gasteiger partial charge in [0.05, 0.1) is 0 Å². The summed E-state index contributed by atoms with van der Waals surface area (Å²) >= 11 is 0. The maximum atomic E-state index is 9.36. The smallest absolute Gasteiger partial charge is 0.0479 e. The zero-order chi connectivity index (χ0) is 12.6. The maximum Gasteiger partial charge on any atom is 0.0479 e. The molecule has 0 amide bonds. The SMILES string of the molecule is Cc1cc(C)c(N2CCC(CO)C2C)c(C)c1. The van der Waals surface area contributed by atoms with E-state index in [2.05, 4.69) is 44.7 Å². The van der Waals surface area contributed by atoms with Crippen LogP contribution < -0.4 is 4.90 Å². The number of anilines is 1. The lowest BCUT2D eigenvalue weighted by Crippen LogP contribution is -2.32. The molecule has 1 N–H and O–H groups in total. The highest BCUT2D eigenvalue weighted by Gasteiger charge is 2.31. The summed E-state index contributed by atoms with van der Waals surface area (Å²) in [5, 5.41) is 9.36. The first-order chi connectivity index (χ1) is 8.04. The van der Waals surface area contributed by atoms with E-state index < -0.39 is 0 Å². The van der Waals surface area contributed by atoms with Gasteiger partial charge in [-0.1, -0.05) is 17.7 Å². The second kappa shape index (κ2) is 4.69. The Labute approximate surface area is 104 Å². The number of rotatable bonds is 2. The molecule has 1 aromatic carbocycles. The number of nitrogens with zero attached hydrogens (tertiary/aromatic N) is 1. The molecule has 0 spiro atoms. The minimum Gasteiger partial charge on any atom is -0.396 e. The Kier molecular flexibility index (Phi) is 3.43. The number of benzene rings is 1. The van der Waals surface area contributed by atoms with E-state index in [1.54, 1.807) is 0 Å². The maximum absolute atomic E-state index is 9.36. The molecule has 1 aromatic rings. The topological polar surface area (TPSA) is 23.5 Å². The van der Waals surface area contributed by atoms with Gasteiger partial charge in [-0.25, -0.2) is 0 Å². The first-order valence-electron chi connectivity index (χ1n) is 6.50. The second-order valence-corrected chi connectivity index (χ2v) is 5.41. The van der Waals surface area contributed by atoms with Crippen LogP contribution in [0, 0.1) is 26.7 Å². The van der Waals surface area contributed by atoms with Gasteiger partial charge >= 0.3 is 0 Å². The Morgan fingerprint density at radius 2 is 1.82 bits per heavy atom. The molecule has 2 rings (SSSR count). The zero-order valence-corrected chi connectivity index (χ0v) is 11.3. The summed E-state index contributed by atoms with van der Waals surface area (Å²) in [6.45, 7) is 10.1. The minimum atomic E-state index is 0.307. The summed E-state index contributed by atoms with van der Waals surface area (Å²) in [6.07, 6.45) is 1.10. The van der Waals surface area contributed by atoms with Crippen molar-refractivity contribution in [2.75, 3.05) is 18.1 Å². The molecule has 17 heavy (non-hydrogen) atoms. The molecule has 2 atom stereocenters. The fourth-order valence-electron chi connectivity index (χ4n) is 3.19. The van der Waals surface area contributed by atoms with Crippen molar-refractivity contribution in [3.8, 4) is 0 Å². The first kappa shape index (κ1) is 12.4. The van der Waals surface area contributed by atoms with Crippen LogP contribution in [0.15, 0.2) is 12.1 Å². The summed E-state index contributed by atoms with van der Waals surface area (Å²) in [6, 6.07) is 4.95. The van der Waals surface area contributed by atoms with E-state index in [1.807, 2.05) is 0 Å². The molecule has 2 nitrogen and oxygen atoms in total. The third-order valence-electron chi connectivity index (χ3n) is 4.07. The molecule has 1 fully saturated rings. The van der Waals surface area contributed by atoms with Crippen LogP contribution in [-0.4, -0.2) is 24.3 Å². The van der Waals surface area contributed by atoms with Gasteiger partial charge in [-0.05, 0) is 45.2 Å². The van der Waals surface area contributed by atoms with Crippen LogP contribution in [-0.2, 0) is 0 Å². The lowest BCUT2D eigenvalue weighted by molar-refractivity contribution is 0.221. The van der Waals surface area contributed by atoms with Crippen LogP contribution >= 0.6 is 0 Å². The standard InChI is InChI=1S/C15H23NO/c1-10-7-11(2)15(12(3)8-10)16-6-5-14(9-17)13(16)4/h7-8,13-14,17H,5-6,9H2,1-4H3. The lowest BCUT2D eigenvalue weighted by atomic mass is 10.0. The highest BCUT2D eigenvalue weighted by Crippen LogP contribution is 2.34. The fourth-order valence-corrected chi connectivity index (χ4v) is 3.19. The van der Waals surface area contributed by atoms with Gasteiger partial charge in [0.2, 0.25) is 0 Å². The molecule has 0 saturated carbocycles.